The Morgan fingerprint density at radius 2 is 2.09 bits per heavy atom. The number of rotatable bonds is 5. The van der Waals surface area contributed by atoms with E-state index in [9.17, 15) is 9.90 Å². The van der Waals surface area contributed by atoms with Gasteiger partial charge in [0.15, 0.2) is 0 Å². The van der Waals surface area contributed by atoms with Crippen molar-refractivity contribution in [3.8, 4) is 0 Å². The Bertz CT molecular complexity index is 737. The Labute approximate surface area is 127 Å². The minimum absolute atomic E-state index is 0.176. The standard InChI is InChI=1S/C16H16N4O2/c21-13(9-12-5-2-1-3-6-12)10-18-15(22)14-11-20-8-4-7-17-16(20)19-14/h1-8,11,13,21H,9-10H2,(H,18,22). The van der Waals surface area contributed by atoms with E-state index in [0.29, 0.717) is 12.2 Å². The van der Waals surface area contributed by atoms with Gasteiger partial charge in [-0.25, -0.2) is 9.97 Å². The largest absolute Gasteiger partial charge is 0.391 e. The molecule has 2 heterocycles. The second-order valence-corrected chi connectivity index (χ2v) is 5.01. The molecule has 0 saturated carbocycles. The van der Waals surface area contributed by atoms with Crippen LogP contribution in [0.15, 0.2) is 55.0 Å². The van der Waals surface area contributed by atoms with Gasteiger partial charge in [-0.15, -0.1) is 0 Å². The van der Waals surface area contributed by atoms with Crippen LogP contribution in [0, 0.1) is 0 Å². The number of benzene rings is 1. The minimum atomic E-state index is -0.637. The highest BCUT2D eigenvalue weighted by atomic mass is 16.3. The van der Waals surface area contributed by atoms with Crippen LogP contribution in [0.25, 0.3) is 5.78 Å². The predicted octanol–water partition coefficient (Wildman–Crippen LogP) is 1.06. The molecule has 6 nitrogen and oxygen atoms in total. The van der Waals surface area contributed by atoms with Gasteiger partial charge in [0, 0.05) is 31.6 Å². The molecule has 2 N–H and O–H groups in total. The molecule has 22 heavy (non-hydrogen) atoms. The fourth-order valence-corrected chi connectivity index (χ4v) is 2.20. The Morgan fingerprint density at radius 3 is 2.86 bits per heavy atom. The molecular weight excluding hydrogens is 280 g/mol. The molecule has 1 atom stereocenters. The summed E-state index contributed by atoms with van der Waals surface area (Å²) in [5, 5.41) is 12.7. The molecule has 0 aliphatic rings. The summed E-state index contributed by atoms with van der Waals surface area (Å²) in [5.41, 5.74) is 1.31. The van der Waals surface area contributed by atoms with Crippen molar-refractivity contribution >= 4 is 11.7 Å². The molecule has 6 heteroatoms. The molecular formula is C16H16N4O2. The number of aliphatic hydroxyl groups excluding tert-OH is 1. The zero-order valence-electron chi connectivity index (χ0n) is 11.9. The van der Waals surface area contributed by atoms with Crippen LogP contribution in [-0.2, 0) is 6.42 Å². The lowest BCUT2D eigenvalue weighted by molar-refractivity contribution is 0.0911. The van der Waals surface area contributed by atoms with Crippen molar-refractivity contribution in [1.82, 2.24) is 19.7 Å². The Morgan fingerprint density at radius 1 is 1.27 bits per heavy atom. The number of nitrogens with one attached hydrogen (secondary N) is 1. The first kappa shape index (κ1) is 14.2. The molecule has 0 bridgehead atoms. The first-order valence-corrected chi connectivity index (χ1v) is 7.02. The third-order valence-electron chi connectivity index (χ3n) is 3.28. The Kier molecular flexibility index (Phi) is 4.11. The van der Waals surface area contributed by atoms with Gasteiger partial charge in [0.2, 0.25) is 5.78 Å². The van der Waals surface area contributed by atoms with Gasteiger partial charge in [0.25, 0.3) is 5.91 Å². The number of aromatic nitrogens is 3. The van der Waals surface area contributed by atoms with Gasteiger partial charge in [-0.3, -0.25) is 9.20 Å². The molecule has 112 valence electrons. The number of hydrogen-bond donors (Lipinski definition) is 2. The number of fused-ring (bicyclic) bond motifs is 1. The van der Waals surface area contributed by atoms with Gasteiger partial charge in [-0.2, -0.15) is 0 Å². The third kappa shape index (κ3) is 3.29. The van der Waals surface area contributed by atoms with Gasteiger partial charge in [-0.05, 0) is 11.6 Å². The van der Waals surface area contributed by atoms with Crippen molar-refractivity contribution < 1.29 is 9.90 Å². The predicted molar refractivity (Wildman–Crippen MR) is 81.5 cm³/mol. The van der Waals surface area contributed by atoms with Crippen molar-refractivity contribution in [2.45, 2.75) is 12.5 Å². The molecule has 0 radical (unpaired) electrons. The fourth-order valence-electron chi connectivity index (χ4n) is 2.20. The maximum Gasteiger partial charge on any atom is 0.271 e. The van der Waals surface area contributed by atoms with Gasteiger partial charge >= 0.3 is 0 Å². The highest BCUT2D eigenvalue weighted by Crippen LogP contribution is 2.04. The molecule has 1 aromatic carbocycles. The quantitative estimate of drug-likeness (QED) is 0.738. The first-order chi connectivity index (χ1) is 10.7. The van der Waals surface area contributed by atoms with Crippen LogP contribution in [0.5, 0.6) is 0 Å². The average Bonchev–Trinajstić information content (AvgIpc) is 2.98. The van der Waals surface area contributed by atoms with Gasteiger partial charge in [0.05, 0.1) is 6.10 Å². The monoisotopic (exact) mass is 296 g/mol. The summed E-state index contributed by atoms with van der Waals surface area (Å²) in [5.74, 6) is 0.148. The average molecular weight is 296 g/mol. The van der Waals surface area contributed by atoms with Crippen LogP contribution >= 0.6 is 0 Å². The summed E-state index contributed by atoms with van der Waals surface area (Å²) < 4.78 is 1.68. The summed E-state index contributed by atoms with van der Waals surface area (Å²) in [6, 6.07) is 11.4. The van der Waals surface area contributed by atoms with Crippen LogP contribution in [0.1, 0.15) is 16.1 Å². The van der Waals surface area contributed by atoms with E-state index in [1.54, 1.807) is 29.1 Å². The molecule has 0 spiro atoms. The number of hydrogen-bond acceptors (Lipinski definition) is 4. The molecule has 0 fully saturated rings. The molecule has 1 amide bonds. The van der Waals surface area contributed by atoms with E-state index in [1.165, 1.54) is 0 Å². The normalized spacial score (nSPS) is 12.2. The minimum Gasteiger partial charge on any atom is -0.391 e. The topological polar surface area (TPSA) is 79.5 Å². The molecule has 0 saturated heterocycles. The fraction of sp³-hybridized carbons (Fsp3) is 0.188. The molecule has 2 aromatic heterocycles. The van der Waals surface area contributed by atoms with Crippen molar-refractivity contribution in [3.05, 3.63) is 66.2 Å². The second kappa shape index (κ2) is 6.36. The first-order valence-electron chi connectivity index (χ1n) is 7.02. The number of aliphatic hydroxyl groups is 1. The third-order valence-corrected chi connectivity index (χ3v) is 3.28. The molecule has 0 aliphatic heterocycles. The van der Waals surface area contributed by atoms with Crippen molar-refractivity contribution in [2.24, 2.45) is 0 Å². The molecule has 3 aromatic rings. The number of carbonyl (C=O) groups excluding carboxylic acids is 1. The smallest absolute Gasteiger partial charge is 0.271 e. The summed E-state index contributed by atoms with van der Waals surface area (Å²) in [6.45, 7) is 0.176. The molecule has 1 unspecified atom stereocenters. The Balaban J connectivity index is 1.57. The maximum absolute atomic E-state index is 12.0. The summed E-state index contributed by atoms with van der Waals surface area (Å²) >= 11 is 0. The zero-order chi connectivity index (χ0) is 15.4. The van der Waals surface area contributed by atoms with E-state index in [2.05, 4.69) is 15.3 Å². The number of imidazole rings is 1. The van der Waals surface area contributed by atoms with Crippen molar-refractivity contribution in [1.29, 1.82) is 0 Å². The van der Waals surface area contributed by atoms with E-state index in [0.717, 1.165) is 5.56 Å². The number of nitrogens with zero attached hydrogens (tertiary/aromatic N) is 3. The lowest BCUT2D eigenvalue weighted by Crippen LogP contribution is -2.33. The second-order valence-electron chi connectivity index (χ2n) is 5.01. The molecule has 0 aliphatic carbocycles. The van der Waals surface area contributed by atoms with Crippen LogP contribution in [0.3, 0.4) is 0 Å². The van der Waals surface area contributed by atoms with Gasteiger partial charge in [0.1, 0.15) is 5.69 Å². The summed E-state index contributed by atoms with van der Waals surface area (Å²) in [7, 11) is 0. The SMILES string of the molecule is O=C(NCC(O)Cc1ccccc1)c1cn2cccnc2n1. The van der Waals surface area contributed by atoms with E-state index >= 15 is 0 Å². The lowest BCUT2D eigenvalue weighted by atomic mass is 10.1. The highest BCUT2D eigenvalue weighted by molar-refractivity contribution is 5.92. The highest BCUT2D eigenvalue weighted by Gasteiger charge is 2.13. The number of amides is 1. The van der Waals surface area contributed by atoms with Gasteiger partial charge < -0.3 is 10.4 Å². The van der Waals surface area contributed by atoms with E-state index in [4.69, 9.17) is 0 Å². The van der Waals surface area contributed by atoms with Crippen molar-refractivity contribution in [3.63, 3.8) is 0 Å². The zero-order valence-corrected chi connectivity index (χ0v) is 11.9. The number of carbonyl (C=O) groups is 1. The van der Waals surface area contributed by atoms with Crippen molar-refractivity contribution in [2.75, 3.05) is 6.54 Å². The summed E-state index contributed by atoms with van der Waals surface area (Å²) in [6.07, 6.45) is 4.86. The molecule has 3 rings (SSSR count). The van der Waals surface area contributed by atoms with Crippen LogP contribution in [0.4, 0.5) is 0 Å². The van der Waals surface area contributed by atoms with Crippen LogP contribution in [-0.4, -0.2) is 38.0 Å². The van der Waals surface area contributed by atoms with Crippen LogP contribution in [0.2, 0.25) is 0 Å². The summed E-state index contributed by atoms with van der Waals surface area (Å²) in [4.78, 5) is 20.2. The Hall–Kier alpha value is -2.73. The lowest BCUT2D eigenvalue weighted by Gasteiger charge is -2.11. The van der Waals surface area contributed by atoms with E-state index in [1.807, 2.05) is 30.3 Å². The van der Waals surface area contributed by atoms with E-state index in [-0.39, 0.29) is 18.1 Å². The maximum atomic E-state index is 12.0. The van der Waals surface area contributed by atoms with Gasteiger partial charge in [-0.1, -0.05) is 30.3 Å². The van der Waals surface area contributed by atoms with Crippen LogP contribution < -0.4 is 5.32 Å². The van der Waals surface area contributed by atoms with E-state index < -0.39 is 6.10 Å².